The topological polar surface area (TPSA) is 118 Å². The summed E-state index contributed by atoms with van der Waals surface area (Å²) >= 11 is 0. The van der Waals surface area contributed by atoms with Gasteiger partial charge in [0.05, 0.1) is 23.4 Å². The molecule has 5 rings (SSSR count). The van der Waals surface area contributed by atoms with Gasteiger partial charge in [0, 0.05) is 11.3 Å². The average Bonchev–Trinajstić information content (AvgIpc) is 2.94. The molecular weight excluding hydrogens is 532 g/mol. The number of carbonyl (C=O) groups is 1. The minimum Gasteiger partial charge on any atom is -0.508 e. The second-order valence-electron chi connectivity index (χ2n) is 9.96. The van der Waals surface area contributed by atoms with Crippen LogP contribution in [0.5, 0.6) is 5.75 Å². The molecule has 1 heterocycles. The predicted molar refractivity (Wildman–Crippen MR) is 151 cm³/mol. The Kier molecular flexibility index (Phi) is 7.88. The smallest absolute Gasteiger partial charge is 0.356 e. The zero-order valence-corrected chi connectivity index (χ0v) is 22.4. The van der Waals surface area contributed by atoms with Gasteiger partial charge in [-0.05, 0) is 78.4 Å². The van der Waals surface area contributed by atoms with E-state index in [0.29, 0.717) is 41.5 Å². The van der Waals surface area contributed by atoms with Gasteiger partial charge in [-0.25, -0.2) is 4.39 Å². The van der Waals surface area contributed by atoms with E-state index in [2.05, 4.69) is 0 Å². The summed E-state index contributed by atoms with van der Waals surface area (Å²) in [6.45, 7) is 0. The van der Waals surface area contributed by atoms with Gasteiger partial charge in [0.1, 0.15) is 11.6 Å². The number of amides is 1. The fourth-order valence-corrected chi connectivity index (χ4v) is 5.80. The van der Waals surface area contributed by atoms with Crippen LogP contribution in [0.3, 0.4) is 0 Å². The highest BCUT2D eigenvalue weighted by atomic mass is 31.2. The Morgan fingerprint density at radius 2 is 1.52 bits per heavy atom. The zero-order valence-electron chi connectivity index (χ0n) is 21.5. The first-order chi connectivity index (χ1) is 19.1. The second kappa shape index (κ2) is 11.4. The van der Waals surface area contributed by atoms with Gasteiger partial charge in [-0.3, -0.25) is 9.36 Å². The Bertz CT molecular complexity index is 1540. The van der Waals surface area contributed by atoms with E-state index < -0.39 is 25.7 Å². The van der Waals surface area contributed by atoms with Crippen molar-refractivity contribution in [2.45, 2.75) is 31.4 Å². The number of hydrogen-bond donors (Lipinski definition) is 4. The molecule has 9 heteroatoms. The van der Waals surface area contributed by atoms with Crippen LogP contribution in [0.2, 0.25) is 0 Å². The first-order valence-corrected chi connectivity index (χ1v) is 14.6. The van der Waals surface area contributed by atoms with Crippen LogP contribution in [0.15, 0.2) is 97.1 Å². The fraction of sp³-hybridized carbons (Fsp3) is 0.194. The van der Waals surface area contributed by atoms with Gasteiger partial charge in [0.25, 0.3) is 0 Å². The number of aromatic hydroxyl groups is 1. The third-order valence-electron chi connectivity index (χ3n) is 7.38. The number of phenols is 1. The van der Waals surface area contributed by atoms with E-state index in [-0.39, 0.29) is 22.8 Å². The standard InChI is InChI=1S/C31H29FNO6P/c32-23-14-9-21(10-15-23)28(34)8-4-7-27-30(33(31(27)36)24-5-2-1-3-6-24)26-18-13-22(19-29(26)35)20-11-16-25(17-12-20)40(37,38)39/h1-3,5-6,9-19,27-28,30,34-35H,4,7-8H2,(H2,37,38,39). The van der Waals surface area contributed by atoms with Gasteiger partial charge in [0.15, 0.2) is 0 Å². The van der Waals surface area contributed by atoms with E-state index in [1.54, 1.807) is 41.3 Å². The SMILES string of the molecule is O=C1C(CCCC(O)c2ccc(F)cc2)C(c2ccc(-c3ccc(P(=O)(O)O)cc3)cc2O)N1c1ccccc1. The van der Waals surface area contributed by atoms with Crippen LogP contribution in [-0.4, -0.2) is 25.9 Å². The lowest BCUT2D eigenvalue weighted by molar-refractivity contribution is -0.130. The molecule has 1 aliphatic heterocycles. The summed E-state index contributed by atoms with van der Waals surface area (Å²) in [5, 5.41) is 21.5. The molecule has 1 saturated heterocycles. The molecule has 0 aromatic heterocycles. The van der Waals surface area contributed by atoms with Gasteiger partial charge < -0.3 is 24.9 Å². The van der Waals surface area contributed by atoms with E-state index in [4.69, 9.17) is 0 Å². The number of anilines is 1. The van der Waals surface area contributed by atoms with E-state index in [0.717, 1.165) is 5.69 Å². The van der Waals surface area contributed by atoms with Crippen LogP contribution in [0.25, 0.3) is 11.1 Å². The van der Waals surface area contributed by atoms with Gasteiger partial charge in [0.2, 0.25) is 5.91 Å². The third-order valence-corrected chi connectivity index (χ3v) is 8.35. The molecule has 4 N–H and O–H groups in total. The number of halogens is 1. The monoisotopic (exact) mass is 561 g/mol. The van der Waals surface area contributed by atoms with E-state index in [1.165, 1.54) is 24.3 Å². The van der Waals surface area contributed by atoms with Crippen LogP contribution in [0.4, 0.5) is 10.1 Å². The number of aliphatic hydroxyl groups is 1. The Morgan fingerprint density at radius 3 is 2.15 bits per heavy atom. The Labute approximate surface area is 231 Å². The van der Waals surface area contributed by atoms with Gasteiger partial charge >= 0.3 is 7.60 Å². The minimum absolute atomic E-state index is 0.00587. The summed E-state index contributed by atoms with van der Waals surface area (Å²) < 4.78 is 24.7. The van der Waals surface area contributed by atoms with Crippen molar-refractivity contribution in [3.63, 3.8) is 0 Å². The maximum atomic E-state index is 13.3. The van der Waals surface area contributed by atoms with Crippen LogP contribution in [-0.2, 0) is 9.36 Å². The number of rotatable bonds is 9. The van der Waals surface area contributed by atoms with Crippen molar-refractivity contribution in [1.82, 2.24) is 0 Å². The third kappa shape index (κ3) is 5.71. The molecule has 4 aromatic carbocycles. The molecule has 4 aromatic rings. The highest BCUT2D eigenvalue weighted by Gasteiger charge is 2.49. The van der Waals surface area contributed by atoms with Crippen molar-refractivity contribution >= 4 is 24.5 Å². The van der Waals surface area contributed by atoms with Crippen molar-refractivity contribution in [1.29, 1.82) is 0 Å². The molecule has 0 saturated carbocycles. The Hall–Kier alpha value is -3.81. The van der Waals surface area contributed by atoms with Crippen molar-refractivity contribution in [3.05, 3.63) is 114 Å². The molecule has 1 fully saturated rings. The molecule has 0 spiro atoms. The predicted octanol–water partition coefficient (Wildman–Crippen LogP) is 5.61. The van der Waals surface area contributed by atoms with Crippen molar-refractivity contribution in [2.75, 3.05) is 4.90 Å². The van der Waals surface area contributed by atoms with Gasteiger partial charge in [-0.2, -0.15) is 0 Å². The van der Waals surface area contributed by atoms with Crippen LogP contribution in [0.1, 0.15) is 42.5 Å². The summed E-state index contributed by atoms with van der Waals surface area (Å²) in [4.78, 5) is 33.7. The molecule has 206 valence electrons. The first kappa shape index (κ1) is 27.7. The van der Waals surface area contributed by atoms with Crippen LogP contribution in [0, 0.1) is 11.7 Å². The average molecular weight is 562 g/mol. The molecule has 1 aliphatic rings. The highest BCUT2D eigenvalue weighted by Crippen LogP contribution is 2.48. The van der Waals surface area contributed by atoms with Crippen molar-refractivity contribution in [2.24, 2.45) is 5.92 Å². The normalized spacial score (nSPS) is 17.9. The molecule has 7 nitrogen and oxygen atoms in total. The quantitative estimate of drug-likeness (QED) is 0.156. The van der Waals surface area contributed by atoms with Gasteiger partial charge in [-0.15, -0.1) is 0 Å². The second-order valence-corrected chi connectivity index (χ2v) is 11.6. The largest absolute Gasteiger partial charge is 0.508 e. The minimum atomic E-state index is -4.36. The molecule has 40 heavy (non-hydrogen) atoms. The molecule has 0 bridgehead atoms. The number of benzene rings is 4. The maximum Gasteiger partial charge on any atom is 0.356 e. The van der Waals surface area contributed by atoms with Gasteiger partial charge in [-0.1, -0.05) is 54.6 Å². The van der Waals surface area contributed by atoms with E-state index in [9.17, 15) is 33.7 Å². The summed E-state index contributed by atoms with van der Waals surface area (Å²) in [5.41, 5.74) is 3.26. The molecule has 3 atom stereocenters. The number of β-lactam (4-membered cyclic amide) rings is 1. The summed E-state index contributed by atoms with van der Waals surface area (Å²) in [7, 11) is -4.36. The zero-order chi connectivity index (χ0) is 28.4. The number of phenolic OH excluding ortho intramolecular Hbond substituents is 1. The molecule has 0 aliphatic carbocycles. The summed E-state index contributed by atoms with van der Waals surface area (Å²) in [5.74, 6) is -0.834. The fourth-order valence-electron chi connectivity index (χ4n) is 5.27. The number of carbonyl (C=O) groups excluding carboxylic acids is 1. The number of aliphatic hydroxyl groups excluding tert-OH is 1. The lowest BCUT2D eigenvalue weighted by atomic mass is 9.78. The number of nitrogens with zero attached hydrogens (tertiary/aromatic N) is 1. The van der Waals surface area contributed by atoms with Crippen LogP contribution >= 0.6 is 7.60 Å². The highest BCUT2D eigenvalue weighted by molar-refractivity contribution is 7.60. The molecule has 1 amide bonds. The molecular formula is C31H29FNO6P. The lowest BCUT2D eigenvalue weighted by Gasteiger charge is -2.48. The Balaban J connectivity index is 1.37. The summed E-state index contributed by atoms with van der Waals surface area (Å²) in [6, 6.07) is 25.6. The van der Waals surface area contributed by atoms with Crippen molar-refractivity contribution in [3.8, 4) is 16.9 Å². The lowest BCUT2D eigenvalue weighted by Crippen LogP contribution is -2.55. The van der Waals surface area contributed by atoms with Crippen molar-refractivity contribution < 1.29 is 33.7 Å². The van der Waals surface area contributed by atoms with E-state index in [1.807, 2.05) is 36.4 Å². The van der Waals surface area contributed by atoms with E-state index >= 15 is 0 Å². The summed E-state index contributed by atoms with van der Waals surface area (Å²) in [6.07, 6.45) is 0.682. The maximum absolute atomic E-state index is 13.3. The number of para-hydroxylation sites is 1. The Morgan fingerprint density at radius 1 is 0.875 bits per heavy atom. The molecule has 0 radical (unpaired) electrons. The first-order valence-electron chi connectivity index (χ1n) is 12.9. The van der Waals surface area contributed by atoms with Crippen LogP contribution < -0.4 is 10.2 Å². The molecule has 3 unspecified atom stereocenters. The number of hydrogen-bond acceptors (Lipinski definition) is 4.